The van der Waals surface area contributed by atoms with Gasteiger partial charge in [0.25, 0.3) is 0 Å². The first kappa shape index (κ1) is 27.4. The van der Waals surface area contributed by atoms with Crippen molar-refractivity contribution in [3.63, 3.8) is 0 Å². The fraction of sp³-hybridized carbons (Fsp3) is 0.414. The second-order valence-corrected chi connectivity index (χ2v) is 10.3. The number of rotatable bonds is 0. The number of ether oxygens (including phenoxy) is 1. The maximum atomic E-state index is 6.96. The van der Waals surface area contributed by atoms with Crippen molar-refractivity contribution in [2.75, 3.05) is 7.05 Å². The summed E-state index contributed by atoms with van der Waals surface area (Å²) in [6.45, 7) is 14.8. The minimum absolute atomic E-state index is 0.137. The van der Waals surface area contributed by atoms with Crippen molar-refractivity contribution >= 4 is 11.9 Å². The molecular weight excluding hydrogens is 420 g/mol. The summed E-state index contributed by atoms with van der Waals surface area (Å²) in [7, 11) is 1.50. The van der Waals surface area contributed by atoms with Crippen molar-refractivity contribution in [3.8, 4) is 5.75 Å². The van der Waals surface area contributed by atoms with E-state index in [0.717, 1.165) is 16.9 Å². The van der Waals surface area contributed by atoms with E-state index in [4.69, 9.17) is 15.5 Å². The lowest BCUT2D eigenvalue weighted by Gasteiger charge is -2.45. The highest BCUT2D eigenvalue weighted by atomic mass is 16.5. The first-order valence-corrected chi connectivity index (χ1v) is 11.8. The minimum atomic E-state index is -1.06. The lowest BCUT2D eigenvalue weighted by atomic mass is 9.83. The first-order valence-electron chi connectivity index (χ1n) is 11.8. The summed E-state index contributed by atoms with van der Waals surface area (Å²) in [6.07, 6.45) is 12.7. The Labute approximate surface area is 206 Å². The van der Waals surface area contributed by atoms with Gasteiger partial charge in [0, 0.05) is 16.5 Å². The second-order valence-electron chi connectivity index (χ2n) is 10.3. The molecule has 5 N–H and O–H groups in total. The normalized spacial score (nSPS) is 29.8. The molecule has 5 nitrogen and oxygen atoms in total. The summed E-state index contributed by atoms with van der Waals surface area (Å²) in [6, 6.07) is 13.9. The van der Waals surface area contributed by atoms with E-state index in [1.165, 1.54) is 7.05 Å². The number of nitrogens with one attached hydrogen (secondary N) is 1. The minimum Gasteiger partial charge on any atom is -0.458 e. The number of hydrogen-bond acceptors (Lipinski definition) is 5. The highest BCUT2D eigenvalue weighted by Gasteiger charge is 2.48. The van der Waals surface area contributed by atoms with Gasteiger partial charge in [-0.05, 0) is 39.4 Å². The van der Waals surface area contributed by atoms with Crippen LogP contribution in [0.4, 0.5) is 5.69 Å². The van der Waals surface area contributed by atoms with E-state index in [1.54, 1.807) is 0 Å². The van der Waals surface area contributed by atoms with Crippen LogP contribution in [0.25, 0.3) is 0 Å². The molecule has 0 saturated carbocycles. The van der Waals surface area contributed by atoms with Gasteiger partial charge in [-0.15, -0.1) is 0 Å². The summed E-state index contributed by atoms with van der Waals surface area (Å²) in [5.41, 5.74) is 12.0. The summed E-state index contributed by atoms with van der Waals surface area (Å²) >= 11 is 0. The molecule has 0 fully saturated rings. The molecule has 1 aromatic carbocycles. The molecule has 2 aliphatic rings. The van der Waals surface area contributed by atoms with Gasteiger partial charge >= 0.3 is 0 Å². The van der Waals surface area contributed by atoms with Crippen molar-refractivity contribution in [1.82, 2.24) is 5.32 Å². The zero-order chi connectivity index (χ0) is 25.6. The van der Waals surface area contributed by atoms with Crippen LogP contribution in [-0.4, -0.2) is 24.5 Å². The van der Waals surface area contributed by atoms with E-state index in [9.17, 15) is 0 Å². The molecular formula is C29H42N4O. The third kappa shape index (κ3) is 6.58. The van der Waals surface area contributed by atoms with Gasteiger partial charge in [-0.3, -0.25) is 4.99 Å². The van der Waals surface area contributed by atoms with E-state index in [2.05, 4.69) is 63.0 Å². The van der Waals surface area contributed by atoms with Crippen LogP contribution in [0.15, 0.2) is 83.5 Å². The van der Waals surface area contributed by atoms with E-state index >= 15 is 0 Å². The molecule has 0 radical (unpaired) electrons. The fourth-order valence-electron chi connectivity index (χ4n) is 3.86. The monoisotopic (exact) mass is 462 g/mol. The molecule has 0 saturated heterocycles. The highest BCUT2D eigenvalue weighted by molar-refractivity contribution is 5.80. The Morgan fingerprint density at radius 3 is 2.03 bits per heavy atom. The van der Waals surface area contributed by atoms with Crippen LogP contribution in [0.3, 0.4) is 0 Å². The smallest absolute Gasteiger partial charge is 0.238 e. The third-order valence-electron chi connectivity index (χ3n) is 5.86. The van der Waals surface area contributed by atoms with Crippen LogP contribution in [0, 0.1) is 17.8 Å². The highest BCUT2D eigenvalue weighted by Crippen LogP contribution is 2.39. The molecule has 0 amide bonds. The predicted molar refractivity (Wildman–Crippen MR) is 146 cm³/mol. The summed E-state index contributed by atoms with van der Waals surface area (Å²) in [4.78, 5) is 4.87. The number of aryl methyl sites for hydroxylation is 1. The zero-order valence-corrected chi connectivity index (χ0v) is 22.0. The van der Waals surface area contributed by atoms with Gasteiger partial charge in [-0.1, -0.05) is 94.5 Å². The molecule has 5 heteroatoms. The van der Waals surface area contributed by atoms with Crippen LogP contribution in [-0.2, 0) is 0 Å². The van der Waals surface area contributed by atoms with Gasteiger partial charge in [0.05, 0.1) is 11.8 Å². The molecule has 0 bridgehead atoms. The average Bonchev–Trinajstić information content (AvgIpc) is 2.77. The van der Waals surface area contributed by atoms with Gasteiger partial charge in [-0.2, -0.15) is 0 Å². The van der Waals surface area contributed by atoms with Gasteiger partial charge in [0.15, 0.2) is 0 Å². The molecule has 2 heterocycles. The number of allylic oxidation sites excluding steroid dienone is 5. The van der Waals surface area contributed by atoms with Crippen molar-refractivity contribution in [1.29, 1.82) is 0 Å². The van der Waals surface area contributed by atoms with Gasteiger partial charge in [-0.25, -0.2) is 0 Å². The zero-order valence-electron chi connectivity index (χ0n) is 22.0. The Kier molecular flexibility index (Phi) is 8.51. The fourth-order valence-corrected chi connectivity index (χ4v) is 3.86. The Hall–Kier alpha value is -2.89. The number of hydrogen-bond donors (Lipinski definition) is 3. The maximum Gasteiger partial charge on any atom is 0.238 e. The van der Waals surface area contributed by atoms with Crippen LogP contribution in [0.2, 0.25) is 0 Å². The van der Waals surface area contributed by atoms with Crippen LogP contribution >= 0.6 is 0 Å². The molecule has 0 aliphatic carbocycles. The molecule has 1 aromatic rings. The number of nitrogens with two attached hydrogens (primary N) is 2. The quantitative estimate of drug-likeness (QED) is 0.421. The van der Waals surface area contributed by atoms with Gasteiger partial charge in [0.2, 0.25) is 5.72 Å². The van der Waals surface area contributed by atoms with E-state index in [-0.39, 0.29) is 10.8 Å². The Morgan fingerprint density at radius 1 is 0.794 bits per heavy atom. The number of aliphatic imine (C=N–C) groups is 1. The van der Waals surface area contributed by atoms with Crippen molar-refractivity contribution < 1.29 is 4.74 Å². The lowest BCUT2D eigenvalue weighted by molar-refractivity contribution is 0.0621. The van der Waals surface area contributed by atoms with Crippen LogP contribution in [0.5, 0.6) is 5.75 Å². The van der Waals surface area contributed by atoms with E-state index in [1.807, 2.05) is 75.5 Å². The molecule has 2 unspecified atom stereocenters. The Bertz CT molecular complexity index is 1050. The summed E-state index contributed by atoms with van der Waals surface area (Å²) in [5.74, 6) is 0.679. The molecule has 2 atom stereocenters. The average molecular weight is 463 g/mol. The standard InChI is InChI=1S/C28H37N3O.CH5N/c1-21-13-11-9-8-10-12-14-23-24(21)30-20-28(32-23)27(7,29)18-17-25(3,4)15-16-26(5,6)19-22(2)31-28;1-2/h8-20,31H,29H2,1-7H3;2H2,1H3/b9-8?,10-8?,11-9?,12-10?,13-11?,14-12?,16-15-,18-17+,21-13?,22-19+,23-14?,24-21?;. The van der Waals surface area contributed by atoms with Gasteiger partial charge < -0.3 is 21.5 Å². The van der Waals surface area contributed by atoms with Crippen molar-refractivity contribution in [2.24, 2.45) is 27.3 Å². The maximum absolute atomic E-state index is 6.96. The topological polar surface area (TPSA) is 85.7 Å². The van der Waals surface area contributed by atoms with Crippen molar-refractivity contribution in [2.45, 2.75) is 59.7 Å². The summed E-state index contributed by atoms with van der Waals surface area (Å²) in [5, 5.41) is 3.57. The molecule has 3 rings (SSSR count). The Balaban J connectivity index is 0.00000199. The number of nitrogens with zero attached hydrogens (tertiary/aromatic N) is 1. The second kappa shape index (κ2) is 10.6. The molecule has 34 heavy (non-hydrogen) atoms. The molecule has 0 aromatic heterocycles. The first-order chi connectivity index (χ1) is 15.8. The Morgan fingerprint density at radius 2 is 1.35 bits per heavy atom. The predicted octanol–water partition coefficient (Wildman–Crippen LogP) is 5.87. The van der Waals surface area contributed by atoms with E-state index in [0.29, 0.717) is 5.75 Å². The molecule has 1 spiro atoms. The lowest BCUT2D eigenvalue weighted by Crippen LogP contribution is -2.70. The molecule has 184 valence electrons. The van der Waals surface area contributed by atoms with Crippen molar-refractivity contribution in [3.05, 3.63) is 84.1 Å². The SMILES string of the molecule is C/C1=C\C(C)(C)/C=C\C(C)(C)/C=C/C(C)(N)C2(C=Nc3c(C)cccccccc3O2)N1.CN. The summed E-state index contributed by atoms with van der Waals surface area (Å²) < 4.78 is 6.71. The van der Waals surface area contributed by atoms with Gasteiger partial charge in [0.1, 0.15) is 11.4 Å². The third-order valence-corrected chi connectivity index (χ3v) is 5.86. The molecule has 2 aliphatic heterocycles. The van der Waals surface area contributed by atoms with Crippen LogP contribution in [0.1, 0.15) is 47.1 Å². The van der Waals surface area contributed by atoms with E-state index < -0.39 is 11.3 Å². The number of fused-ring (bicyclic) bond motifs is 1. The van der Waals surface area contributed by atoms with Crippen LogP contribution < -0.4 is 21.5 Å². The largest absolute Gasteiger partial charge is 0.458 e.